The van der Waals surface area contributed by atoms with Gasteiger partial charge in [-0.15, -0.1) is 0 Å². The van der Waals surface area contributed by atoms with Gasteiger partial charge in [0.05, 0.1) is 12.8 Å². The maximum absolute atomic E-state index is 13.7. The monoisotopic (exact) mass is 605 g/mol. The Morgan fingerprint density at radius 2 is 1.87 bits per heavy atom. The molecule has 0 atom stereocenters. The fourth-order valence-corrected chi connectivity index (χ4v) is 6.31. The van der Waals surface area contributed by atoms with E-state index in [9.17, 15) is 4.79 Å². The molecule has 2 aliphatic heterocycles. The van der Waals surface area contributed by atoms with Crippen LogP contribution in [0, 0.1) is 0 Å². The quantitative estimate of drug-likeness (QED) is 0.222. The van der Waals surface area contributed by atoms with Crippen molar-refractivity contribution < 1.29 is 14.3 Å². The molecule has 0 aliphatic carbocycles. The number of aryl methyl sites for hydroxylation is 1. The Hall–Kier alpha value is -4.40. The number of carbonyl (C=O) groups excluding carboxylic acids is 1. The van der Waals surface area contributed by atoms with Crippen LogP contribution in [-0.2, 0) is 29.7 Å². The van der Waals surface area contributed by atoms with Crippen LogP contribution in [0.5, 0.6) is 5.75 Å². The van der Waals surface area contributed by atoms with Crippen LogP contribution < -0.4 is 15.0 Å². The van der Waals surface area contributed by atoms with Gasteiger partial charge in [-0.25, -0.2) is 0 Å². The number of hydrogen-bond donors (Lipinski definition) is 1. The summed E-state index contributed by atoms with van der Waals surface area (Å²) in [5.41, 5.74) is 8.11. The largest absolute Gasteiger partial charge is 0.493 e. The average molecular weight is 606 g/mol. The number of rotatable bonds is 10. The molecule has 0 spiro atoms. The molecule has 45 heavy (non-hydrogen) atoms. The van der Waals surface area contributed by atoms with Crippen LogP contribution in [-0.4, -0.2) is 60.0 Å². The number of nitrogens with one attached hydrogen (secondary N) is 1. The van der Waals surface area contributed by atoms with E-state index in [4.69, 9.17) is 9.47 Å². The minimum absolute atomic E-state index is 0.0728. The first-order valence-corrected chi connectivity index (χ1v) is 15.9. The summed E-state index contributed by atoms with van der Waals surface area (Å²) in [6.07, 6.45) is 8.77. The molecular weight excluding hydrogens is 562 g/mol. The highest BCUT2D eigenvalue weighted by Gasteiger charge is 2.22. The summed E-state index contributed by atoms with van der Waals surface area (Å²) < 4.78 is 13.3. The Morgan fingerprint density at radius 3 is 2.62 bits per heavy atom. The number of aromatic nitrogens is 2. The van der Waals surface area contributed by atoms with Gasteiger partial charge in [0.2, 0.25) is 0 Å². The molecule has 1 amide bonds. The van der Waals surface area contributed by atoms with E-state index >= 15 is 0 Å². The zero-order valence-electron chi connectivity index (χ0n) is 26.5. The lowest BCUT2D eigenvalue weighted by molar-refractivity contribution is -0.112. The topological polar surface area (TPSA) is 71.9 Å². The van der Waals surface area contributed by atoms with Crippen LogP contribution in [0.3, 0.4) is 0 Å². The molecule has 8 heteroatoms. The fraction of sp³-hybridized carbons (Fsp3) is 0.351. The first-order chi connectivity index (χ1) is 22.0. The van der Waals surface area contributed by atoms with Crippen molar-refractivity contribution in [3.63, 3.8) is 0 Å². The highest BCUT2D eigenvalue weighted by Crippen LogP contribution is 2.36. The van der Waals surface area contributed by atoms with Crippen molar-refractivity contribution in [1.82, 2.24) is 14.7 Å². The SMILES string of the molecule is CCOc1ccccc1-c1ccc2c(c1)C=C(C(=O)Nc1ccc(CN(C)C3CCOCC3)cc1)CCN2Cc1cnn(C)c1. The molecule has 0 unspecified atom stereocenters. The number of amides is 1. The van der Waals surface area contributed by atoms with Crippen molar-refractivity contribution >= 4 is 23.4 Å². The van der Waals surface area contributed by atoms with Gasteiger partial charge in [-0.3, -0.25) is 14.4 Å². The summed E-state index contributed by atoms with van der Waals surface area (Å²) in [6, 6.07) is 23.4. The summed E-state index contributed by atoms with van der Waals surface area (Å²) in [4.78, 5) is 18.5. The van der Waals surface area contributed by atoms with Crippen LogP contribution in [0.1, 0.15) is 42.9 Å². The van der Waals surface area contributed by atoms with E-state index in [1.54, 1.807) is 0 Å². The lowest BCUT2D eigenvalue weighted by atomic mass is 9.99. The predicted molar refractivity (Wildman–Crippen MR) is 180 cm³/mol. The lowest BCUT2D eigenvalue weighted by Crippen LogP contribution is -2.36. The van der Waals surface area contributed by atoms with Gasteiger partial charge in [-0.1, -0.05) is 36.4 Å². The standard InChI is InChI=1S/C37H43N5O3/c1-4-45-36-8-6-5-7-34(36)29-11-14-35-31(21-29)22-30(15-18-42(35)26-28-23-38-41(3)25-28)37(43)39-32-12-9-27(10-13-32)24-40(2)33-16-19-44-20-17-33/h5-14,21-23,25,33H,4,15-20,24,26H2,1-3H3,(H,39,43). The van der Waals surface area contributed by atoms with Gasteiger partial charge in [0.1, 0.15) is 5.75 Å². The van der Waals surface area contributed by atoms with E-state index in [-0.39, 0.29) is 5.91 Å². The Labute approximate surface area is 266 Å². The van der Waals surface area contributed by atoms with Crippen LogP contribution in [0.15, 0.2) is 84.7 Å². The van der Waals surface area contributed by atoms with E-state index in [1.165, 1.54) is 5.56 Å². The van der Waals surface area contributed by atoms with E-state index in [0.29, 0.717) is 32.2 Å². The number of carbonyl (C=O) groups is 1. The molecule has 0 saturated carbocycles. The zero-order valence-corrected chi connectivity index (χ0v) is 26.5. The minimum atomic E-state index is -0.0728. The zero-order chi connectivity index (χ0) is 31.2. The summed E-state index contributed by atoms with van der Waals surface area (Å²) >= 11 is 0. The number of ether oxygens (including phenoxy) is 2. The van der Waals surface area contributed by atoms with Crippen LogP contribution in [0.4, 0.5) is 11.4 Å². The van der Waals surface area contributed by atoms with Gasteiger partial charge in [-0.2, -0.15) is 5.10 Å². The molecule has 0 radical (unpaired) electrons. The van der Waals surface area contributed by atoms with Crippen LogP contribution in [0.2, 0.25) is 0 Å². The molecule has 1 aromatic heterocycles. The lowest BCUT2D eigenvalue weighted by Gasteiger charge is -2.31. The smallest absolute Gasteiger partial charge is 0.251 e. The first-order valence-electron chi connectivity index (χ1n) is 15.9. The fourth-order valence-electron chi connectivity index (χ4n) is 6.31. The molecule has 234 valence electrons. The summed E-state index contributed by atoms with van der Waals surface area (Å²) in [5, 5.41) is 7.53. The van der Waals surface area contributed by atoms with Gasteiger partial charge in [-0.05, 0) is 86.3 Å². The van der Waals surface area contributed by atoms with Crippen LogP contribution in [0.25, 0.3) is 17.2 Å². The molecule has 8 nitrogen and oxygen atoms in total. The third-order valence-corrected chi connectivity index (χ3v) is 8.73. The van der Waals surface area contributed by atoms with Crippen molar-refractivity contribution in [3.8, 4) is 16.9 Å². The van der Waals surface area contributed by atoms with Crippen molar-refractivity contribution in [2.45, 2.75) is 45.3 Å². The first kappa shape index (κ1) is 30.6. The van der Waals surface area contributed by atoms with Gasteiger partial charge in [0.15, 0.2) is 0 Å². The van der Waals surface area contributed by atoms with E-state index < -0.39 is 0 Å². The number of anilines is 2. The van der Waals surface area contributed by atoms with E-state index in [1.807, 2.05) is 61.4 Å². The Kier molecular flexibility index (Phi) is 9.62. The van der Waals surface area contributed by atoms with E-state index in [2.05, 4.69) is 69.7 Å². The maximum Gasteiger partial charge on any atom is 0.251 e. The number of nitrogens with zero attached hydrogens (tertiary/aromatic N) is 4. The number of hydrogen-bond acceptors (Lipinski definition) is 6. The van der Waals surface area contributed by atoms with Crippen molar-refractivity contribution in [1.29, 1.82) is 0 Å². The highest BCUT2D eigenvalue weighted by molar-refractivity contribution is 6.07. The summed E-state index contributed by atoms with van der Waals surface area (Å²) in [6.45, 7) is 6.57. The molecule has 3 heterocycles. The van der Waals surface area contributed by atoms with Crippen molar-refractivity contribution in [3.05, 3.63) is 101 Å². The van der Waals surface area contributed by atoms with Crippen molar-refractivity contribution in [2.24, 2.45) is 7.05 Å². The second-order valence-electron chi connectivity index (χ2n) is 12.0. The van der Waals surface area contributed by atoms with Gasteiger partial charge in [0.25, 0.3) is 5.91 Å². The summed E-state index contributed by atoms with van der Waals surface area (Å²) in [7, 11) is 4.11. The van der Waals surface area contributed by atoms with E-state index in [0.717, 1.165) is 77.6 Å². The Bertz CT molecular complexity index is 1640. The molecule has 6 rings (SSSR count). The number of fused-ring (bicyclic) bond motifs is 1. The van der Waals surface area contributed by atoms with Gasteiger partial charge >= 0.3 is 0 Å². The molecule has 4 aromatic rings. The normalized spacial score (nSPS) is 15.4. The molecule has 0 bridgehead atoms. The molecule has 1 N–H and O–H groups in total. The predicted octanol–water partition coefficient (Wildman–Crippen LogP) is 6.53. The van der Waals surface area contributed by atoms with Gasteiger partial charge < -0.3 is 19.7 Å². The number of para-hydroxylation sites is 1. The molecular formula is C37H43N5O3. The van der Waals surface area contributed by atoms with Crippen LogP contribution >= 0.6 is 0 Å². The minimum Gasteiger partial charge on any atom is -0.493 e. The number of benzene rings is 3. The average Bonchev–Trinajstić information content (AvgIpc) is 3.38. The highest BCUT2D eigenvalue weighted by atomic mass is 16.5. The third kappa shape index (κ3) is 7.47. The molecule has 1 saturated heterocycles. The Morgan fingerprint density at radius 1 is 1.07 bits per heavy atom. The molecule has 2 aliphatic rings. The second kappa shape index (κ2) is 14.1. The molecule has 1 fully saturated rings. The Balaban J connectivity index is 1.23. The van der Waals surface area contributed by atoms with Crippen molar-refractivity contribution in [2.75, 3.05) is 43.6 Å². The maximum atomic E-state index is 13.7. The second-order valence-corrected chi connectivity index (χ2v) is 12.0. The third-order valence-electron chi connectivity index (χ3n) is 8.73. The molecule has 3 aromatic carbocycles. The van der Waals surface area contributed by atoms with Gasteiger partial charge in [0, 0.05) is 80.2 Å². The summed E-state index contributed by atoms with van der Waals surface area (Å²) in [5.74, 6) is 0.779.